The van der Waals surface area contributed by atoms with Gasteiger partial charge in [0, 0.05) is 24.7 Å². The molecule has 0 bridgehead atoms. The van der Waals surface area contributed by atoms with E-state index in [4.69, 9.17) is 4.74 Å². The fourth-order valence-corrected chi connectivity index (χ4v) is 3.28. The van der Waals surface area contributed by atoms with Gasteiger partial charge in [-0.1, -0.05) is 24.3 Å². The molecule has 0 N–H and O–H groups in total. The largest absolute Gasteiger partial charge is 0.573 e. The molecule has 8 heteroatoms. The number of ether oxygens (including phenoxy) is 2. The first-order chi connectivity index (χ1) is 13.9. The summed E-state index contributed by atoms with van der Waals surface area (Å²) in [5, 5.41) is 0. The molecule has 0 fully saturated rings. The van der Waals surface area contributed by atoms with Crippen molar-refractivity contribution in [3.63, 3.8) is 0 Å². The Kier molecular flexibility index (Phi) is 5.00. The molecular weight excluding hydrogens is 385 g/mol. The Morgan fingerprint density at radius 3 is 2.55 bits per heavy atom. The lowest BCUT2D eigenvalue weighted by Crippen LogP contribution is -2.37. The lowest BCUT2D eigenvalue weighted by atomic mass is 10.0. The normalized spacial score (nSPS) is 16.0. The number of hydrogen-bond acceptors (Lipinski definition) is 4. The van der Waals surface area contributed by atoms with E-state index in [1.807, 2.05) is 24.3 Å². The number of alkyl halides is 3. The summed E-state index contributed by atoms with van der Waals surface area (Å²) < 4.78 is 46.6. The minimum absolute atomic E-state index is 0.120. The predicted molar refractivity (Wildman–Crippen MR) is 101 cm³/mol. The van der Waals surface area contributed by atoms with Crippen molar-refractivity contribution in [1.82, 2.24) is 4.90 Å². The molecule has 2 aromatic rings. The number of carbonyl (C=O) groups is 1. The lowest BCUT2D eigenvalue weighted by molar-refractivity contribution is -0.274. The van der Waals surface area contributed by atoms with Crippen LogP contribution in [0.2, 0.25) is 0 Å². The fourth-order valence-electron chi connectivity index (χ4n) is 3.28. The maximum atomic E-state index is 12.7. The highest BCUT2D eigenvalue weighted by Crippen LogP contribution is 2.31. The van der Waals surface area contributed by atoms with Gasteiger partial charge >= 0.3 is 6.36 Å². The van der Waals surface area contributed by atoms with Gasteiger partial charge in [-0.15, -0.1) is 13.2 Å². The monoisotopic (exact) mass is 402 g/mol. The summed E-state index contributed by atoms with van der Waals surface area (Å²) in [7, 11) is 0. The Labute approximate surface area is 165 Å². The molecule has 0 saturated carbocycles. The van der Waals surface area contributed by atoms with Crippen molar-refractivity contribution in [2.24, 2.45) is 4.99 Å². The van der Waals surface area contributed by atoms with E-state index >= 15 is 0 Å². The Bertz CT molecular complexity index is 982. The van der Waals surface area contributed by atoms with E-state index in [0.29, 0.717) is 37.6 Å². The van der Waals surface area contributed by atoms with Gasteiger partial charge in [-0.3, -0.25) is 9.79 Å². The van der Waals surface area contributed by atoms with Crippen molar-refractivity contribution in [1.29, 1.82) is 0 Å². The highest BCUT2D eigenvalue weighted by molar-refractivity contribution is 6.39. The molecule has 29 heavy (non-hydrogen) atoms. The van der Waals surface area contributed by atoms with Gasteiger partial charge in [-0.2, -0.15) is 0 Å². The molecule has 0 saturated heterocycles. The second-order valence-corrected chi connectivity index (χ2v) is 6.63. The quantitative estimate of drug-likeness (QED) is 0.768. The zero-order valence-corrected chi connectivity index (χ0v) is 15.3. The molecule has 2 aromatic carbocycles. The minimum Gasteiger partial charge on any atom is -0.491 e. The summed E-state index contributed by atoms with van der Waals surface area (Å²) in [6.07, 6.45) is -0.743. The number of hydrogen-bond donors (Lipinski definition) is 0. The number of carbonyl (C=O) groups excluding carboxylic acids is 1. The summed E-state index contributed by atoms with van der Waals surface area (Å²) in [4.78, 5) is 18.5. The summed E-state index contributed by atoms with van der Waals surface area (Å²) >= 11 is 0. The lowest BCUT2D eigenvalue weighted by Gasteiger charge is -2.20. The number of fused-ring (bicyclic) bond motifs is 1. The summed E-state index contributed by atoms with van der Waals surface area (Å²) in [5.74, 6) is 0.292. The molecule has 0 spiro atoms. The van der Waals surface area contributed by atoms with Gasteiger partial charge in [0.15, 0.2) is 0 Å². The zero-order valence-electron chi connectivity index (χ0n) is 15.3. The van der Waals surface area contributed by atoms with Crippen LogP contribution in [-0.2, 0) is 11.3 Å². The molecule has 5 nitrogen and oxygen atoms in total. The van der Waals surface area contributed by atoms with Crippen molar-refractivity contribution in [2.75, 3.05) is 13.2 Å². The predicted octanol–water partition coefficient (Wildman–Crippen LogP) is 4.33. The van der Waals surface area contributed by atoms with Gasteiger partial charge in [0.25, 0.3) is 5.91 Å². The highest BCUT2D eigenvalue weighted by atomic mass is 19.4. The molecule has 4 rings (SSSR count). The van der Waals surface area contributed by atoms with E-state index in [0.717, 1.165) is 16.7 Å². The molecular formula is C21H17F3N2O3. The van der Waals surface area contributed by atoms with E-state index in [1.54, 1.807) is 23.2 Å². The van der Waals surface area contributed by atoms with Gasteiger partial charge < -0.3 is 14.4 Å². The van der Waals surface area contributed by atoms with Gasteiger partial charge in [-0.05, 0) is 35.4 Å². The first-order valence-corrected chi connectivity index (χ1v) is 9.02. The summed E-state index contributed by atoms with van der Waals surface area (Å²) in [6.45, 7) is 1.20. The molecule has 1 amide bonds. The Balaban J connectivity index is 1.55. The standard InChI is InChI=1S/C21H17F3N2O3/c22-21(23,24)29-17-6-3-14(4-7-17)15-5-8-19-16(12-15)13-26(10-11-28-19)20(27)18-2-1-9-25-18/h1,3-9,12H,2,10-11,13H2. The Morgan fingerprint density at radius 1 is 1.10 bits per heavy atom. The molecule has 2 aliphatic rings. The molecule has 2 heterocycles. The molecule has 0 unspecified atom stereocenters. The van der Waals surface area contributed by atoms with Gasteiger partial charge in [-0.25, -0.2) is 0 Å². The van der Waals surface area contributed by atoms with Crippen LogP contribution in [-0.4, -0.2) is 36.0 Å². The molecule has 0 radical (unpaired) electrons. The highest BCUT2D eigenvalue weighted by Gasteiger charge is 2.31. The Morgan fingerprint density at radius 2 is 1.86 bits per heavy atom. The van der Waals surface area contributed by atoms with Crippen LogP contribution in [0.5, 0.6) is 11.5 Å². The minimum atomic E-state index is -4.72. The number of nitrogens with zero attached hydrogens (tertiary/aromatic N) is 2. The van der Waals surface area contributed by atoms with Crippen molar-refractivity contribution >= 4 is 11.6 Å². The first kappa shape index (κ1) is 19.0. The molecule has 150 valence electrons. The fraction of sp³-hybridized carbons (Fsp3) is 0.238. The van der Waals surface area contributed by atoms with Crippen LogP contribution >= 0.6 is 0 Å². The van der Waals surface area contributed by atoms with E-state index in [1.165, 1.54) is 12.1 Å². The Hall–Kier alpha value is -3.29. The third-order valence-corrected chi connectivity index (χ3v) is 4.64. The zero-order chi connectivity index (χ0) is 20.4. The second-order valence-electron chi connectivity index (χ2n) is 6.63. The van der Waals surface area contributed by atoms with Crippen molar-refractivity contribution in [2.45, 2.75) is 19.3 Å². The maximum absolute atomic E-state index is 12.7. The first-order valence-electron chi connectivity index (χ1n) is 9.02. The third kappa shape index (κ3) is 4.42. The van der Waals surface area contributed by atoms with Crippen molar-refractivity contribution < 1.29 is 27.4 Å². The average molecular weight is 402 g/mol. The second kappa shape index (κ2) is 7.62. The summed E-state index contributed by atoms with van der Waals surface area (Å²) in [6, 6.07) is 11.2. The number of aliphatic imine (C=N–C) groups is 1. The van der Waals surface area contributed by atoms with Crippen LogP contribution in [0.1, 0.15) is 12.0 Å². The number of halogens is 3. The topological polar surface area (TPSA) is 51.1 Å². The van der Waals surface area contributed by atoms with E-state index in [-0.39, 0.29) is 11.7 Å². The number of benzene rings is 2. The van der Waals surface area contributed by atoms with Crippen LogP contribution in [0.4, 0.5) is 13.2 Å². The van der Waals surface area contributed by atoms with Gasteiger partial charge in [0.05, 0.1) is 6.54 Å². The number of rotatable bonds is 3. The van der Waals surface area contributed by atoms with Crippen LogP contribution < -0.4 is 9.47 Å². The van der Waals surface area contributed by atoms with Crippen LogP contribution in [0.3, 0.4) is 0 Å². The van der Waals surface area contributed by atoms with E-state index in [9.17, 15) is 18.0 Å². The van der Waals surface area contributed by atoms with Crippen molar-refractivity contribution in [3.05, 3.63) is 60.3 Å². The van der Waals surface area contributed by atoms with E-state index < -0.39 is 6.36 Å². The molecule has 0 aliphatic carbocycles. The summed E-state index contributed by atoms with van der Waals surface area (Å²) in [5.41, 5.74) is 2.87. The third-order valence-electron chi connectivity index (χ3n) is 4.64. The number of amides is 1. The molecule has 2 aliphatic heterocycles. The van der Waals surface area contributed by atoms with Gasteiger partial charge in [0.1, 0.15) is 23.8 Å². The van der Waals surface area contributed by atoms with Gasteiger partial charge in [0.2, 0.25) is 0 Å². The SMILES string of the molecule is O=C(C1=NC=CC1)N1CCOc2ccc(-c3ccc(OC(F)(F)F)cc3)cc2C1. The van der Waals surface area contributed by atoms with E-state index in [2.05, 4.69) is 9.73 Å². The molecule has 0 atom stereocenters. The smallest absolute Gasteiger partial charge is 0.491 e. The average Bonchev–Trinajstić information content (AvgIpc) is 3.13. The van der Waals surface area contributed by atoms with Crippen LogP contribution in [0.15, 0.2) is 59.7 Å². The van der Waals surface area contributed by atoms with Crippen LogP contribution in [0.25, 0.3) is 11.1 Å². The van der Waals surface area contributed by atoms with Crippen molar-refractivity contribution in [3.8, 4) is 22.6 Å². The maximum Gasteiger partial charge on any atom is 0.573 e. The number of allylic oxidation sites excluding steroid dienone is 1. The van der Waals surface area contributed by atoms with Crippen LogP contribution in [0, 0.1) is 0 Å². The molecule has 0 aromatic heterocycles.